The highest BCUT2D eigenvalue weighted by molar-refractivity contribution is 5.79. The molecule has 1 unspecified atom stereocenters. The van der Waals surface area contributed by atoms with E-state index in [0.717, 1.165) is 11.1 Å². The molecule has 0 saturated carbocycles. The Morgan fingerprint density at radius 3 is 2.43 bits per heavy atom. The molecule has 0 aliphatic carbocycles. The summed E-state index contributed by atoms with van der Waals surface area (Å²) in [5, 5.41) is 0. The Labute approximate surface area is 125 Å². The predicted molar refractivity (Wildman–Crippen MR) is 83.4 cm³/mol. The molecule has 2 N–H and O–H groups in total. The lowest BCUT2D eigenvalue weighted by molar-refractivity contribution is -0.134. The lowest BCUT2D eigenvalue weighted by Gasteiger charge is -2.23. The SMILES string of the molecule is CN(Cc1ccncc1)C(=O)C(CN)Cc1ccccc1. The maximum Gasteiger partial charge on any atom is 0.227 e. The fraction of sp³-hybridized carbons (Fsp3) is 0.294. The van der Waals surface area contributed by atoms with Crippen LogP contribution >= 0.6 is 0 Å². The Kier molecular flexibility index (Phi) is 5.46. The summed E-state index contributed by atoms with van der Waals surface area (Å²) in [6, 6.07) is 13.8. The van der Waals surface area contributed by atoms with Crippen molar-refractivity contribution in [2.45, 2.75) is 13.0 Å². The first-order chi connectivity index (χ1) is 10.2. The van der Waals surface area contributed by atoms with Crippen LogP contribution in [0.5, 0.6) is 0 Å². The van der Waals surface area contributed by atoms with Gasteiger partial charge in [-0.05, 0) is 29.7 Å². The summed E-state index contributed by atoms with van der Waals surface area (Å²) in [5.41, 5.74) is 8.00. The first-order valence-corrected chi connectivity index (χ1v) is 7.08. The van der Waals surface area contributed by atoms with Gasteiger partial charge in [-0.1, -0.05) is 30.3 Å². The van der Waals surface area contributed by atoms with Crippen LogP contribution in [0.4, 0.5) is 0 Å². The van der Waals surface area contributed by atoms with Gasteiger partial charge in [-0.15, -0.1) is 0 Å². The van der Waals surface area contributed by atoms with E-state index in [2.05, 4.69) is 4.98 Å². The highest BCUT2D eigenvalue weighted by atomic mass is 16.2. The van der Waals surface area contributed by atoms with Crippen LogP contribution in [0.1, 0.15) is 11.1 Å². The molecule has 1 heterocycles. The van der Waals surface area contributed by atoms with Gasteiger partial charge in [0.2, 0.25) is 5.91 Å². The molecular formula is C17H21N3O. The molecule has 110 valence electrons. The summed E-state index contributed by atoms with van der Waals surface area (Å²) >= 11 is 0. The molecule has 4 nitrogen and oxygen atoms in total. The van der Waals surface area contributed by atoms with E-state index in [9.17, 15) is 4.79 Å². The third kappa shape index (κ3) is 4.39. The number of benzene rings is 1. The van der Waals surface area contributed by atoms with E-state index in [4.69, 9.17) is 5.73 Å². The minimum absolute atomic E-state index is 0.0816. The van der Waals surface area contributed by atoms with Gasteiger partial charge in [0.15, 0.2) is 0 Å². The Morgan fingerprint density at radius 1 is 1.14 bits per heavy atom. The maximum atomic E-state index is 12.5. The summed E-state index contributed by atoms with van der Waals surface area (Å²) in [6.45, 7) is 0.932. The summed E-state index contributed by atoms with van der Waals surface area (Å²) in [6.07, 6.45) is 4.15. The van der Waals surface area contributed by atoms with Crippen LogP contribution in [0.15, 0.2) is 54.9 Å². The van der Waals surface area contributed by atoms with E-state index in [0.29, 0.717) is 19.5 Å². The average Bonchev–Trinajstić information content (AvgIpc) is 2.54. The number of aromatic nitrogens is 1. The first kappa shape index (κ1) is 15.2. The molecule has 0 bridgehead atoms. The number of nitrogens with two attached hydrogens (primary N) is 1. The average molecular weight is 283 g/mol. The van der Waals surface area contributed by atoms with Crippen molar-refractivity contribution >= 4 is 5.91 Å². The summed E-state index contributed by atoms with van der Waals surface area (Å²) in [4.78, 5) is 18.2. The summed E-state index contributed by atoms with van der Waals surface area (Å²) in [5.74, 6) is -0.0996. The molecule has 1 aromatic heterocycles. The van der Waals surface area contributed by atoms with Crippen molar-refractivity contribution in [2.75, 3.05) is 13.6 Å². The number of pyridine rings is 1. The minimum Gasteiger partial charge on any atom is -0.341 e. The topological polar surface area (TPSA) is 59.2 Å². The van der Waals surface area contributed by atoms with E-state index in [1.54, 1.807) is 17.3 Å². The molecule has 1 amide bonds. The number of nitrogens with zero attached hydrogens (tertiary/aromatic N) is 2. The Bertz CT molecular complexity index is 557. The number of hydrogen-bond donors (Lipinski definition) is 1. The van der Waals surface area contributed by atoms with E-state index in [1.165, 1.54) is 0 Å². The van der Waals surface area contributed by atoms with Crippen LogP contribution in [0.3, 0.4) is 0 Å². The second-order valence-corrected chi connectivity index (χ2v) is 5.17. The van der Waals surface area contributed by atoms with Crippen molar-refractivity contribution in [1.82, 2.24) is 9.88 Å². The molecule has 1 atom stereocenters. The van der Waals surface area contributed by atoms with E-state index >= 15 is 0 Å². The van der Waals surface area contributed by atoms with Gasteiger partial charge >= 0.3 is 0 Å². The zero-order valence-corrected chi connectivity index (χ0v) is 12.3. The van der Waals surface area contributed by atoms with Gasteiger partial charge in [-0.2, -0.15) is 0 Å². The number of rotatable bonds is 6. The molecule has 4 heteroatoms. The van der Waals surface area contributed by atoms with Crippen molar-refractivity contribution in [1.29, 1.82) is 0 Å². The van der Waals surface area contributed by atoms with Crippen molar-refractivity contribution in [3.05, 3.63) is 66.0 Å². The lowest BCUT2D eigenvalue weighted by atomic mass is 9.98. The van der Waals surface area contributed by atoms with Gasteiger partial charge in [0.05, 0.1) is 5.92 Å². The summed E-state index contributed by atoms with van der Waals surface area (Å²) < 4.78 is 0. The fourth-order valence-corrected chi connectivity index (χ4v) is 2.32. The van der Waals surface area contributed by atoms with E-state index < -0.39 is 0 Å². The van der Waals surface area contributed by atoms with Crippen LogP contribution in [0.2, 0.25) is 0 Å². The van der Waals surface area contributed by atoms with Crippen LogP contribution in [-0.2, 0) is 17.8 Å². The van der Waals surface area contributed by atoms with Gasteiger partial charge in [0.1, 0.15) is 0 Å². The number of amides is 1. The first-order valence-electron chi connectivity index (χ1n) is 7.08. The quantitative estimate of drug-likeness (QED) is 0.880. The predicted octanol–water partition coefficient (Wildman–Crippen LogP) is 1.86. The number of hydrogen-bond acceptors (Lipinski definition) is 3. The van der Waals surface area contributed by atoms with Crippen molar-refractivity contribution in [3.63, 3.8) is 0 Å². The highest BCUT2D eigenvalue weighted by Gasteiger charge is 2.21. The third-order valence-electron chi connectivity index (χ3n) is 3.50. The molecule has 0 aliphatic rings. The zero-order chi connectivity index (χ0) is 15.1. The molecular weight excluding hydrogens is 262 g/mol. The van der Waals surface area contributed by atoms with Gasteiger partial charge in [-0.3, -0.25) is 9.78 Å². The van der Waals surface area contributed by atoms with Gasteiger partial charge < -0.3 is 10.6 Å². The Balaban J connectivity index is 1.99. The van der Waals surface area contributed by atoms with Crippen LogP contribution < -0.4 is 5.73 Å². The van der Waals surface area contributed by atoms with Gasteiger partial charge in [0, 0.05) is 32.5 Å². The molecule has 2 aromatic rings. The lowest BCUT2D eigenvalue weighted by Crippen LogP contribution is -2.37. The fourth-order valence-electron chi connectivity index (χ4n) is 2.32. The second kappa shape index (κ2) is 7.55. The number of carbonyl (C=O) groups is 1. The van der Waals surface area contributed by atoms with E-state index in [1.807, 2.05) is 49.5 Å². The standard InChI is InChI=1S/C17H21N3O/c1-20(13-15-7-9-19-10-8-15)17(21)16(12-18)11-14-5-3-2-4-6-14/h2-10,16H,11-13,18H2,1H3. The van der Waals surface area contributed by atoms with Crippen molar-refractivity contribution in [3.8, 4) is 0 Å². The normalized spacial score (nSPS) is 11.9. The molecule has 0 saturated heterocycles. The maximum absolute atomic E-state index is 12.5. The molecule has 0 radical (unpaired) electrons. The van der Waals surface area contributed by atoms with Crippen LogP contribution in [-0.4, -0.2) is 29.4 Å². The largest absolute Gasteiger partial charge is 0.341 e. The third-order valence-corrected chi connectivity index (χ3v) is 3.50. The molecule has 1 aromatic carbocycles. The monoisotopic (exact) mass is 283 g/mol. The minimum atomic E-state index is -0.181. The molecule has 0 aliphatic heterocycles. The summed E-state index contributed by atoms with van der Waals surface area (Å²) in [7, 11) is 1.82. The zero-order valence-electron chi connectivity index (χ0n) is 12.3. The molecule has 21 heavy (non-hydrogen) atoms. The molecule has 0 fully saturated rings. The van der Waals surface area contributed by atoms with Crippen LogP contribution in [0.25, 0.3) is 0 Å². The number of carbonyl (C=O) groups excluding carboxylic acids is 1. The Hall–Kier alpha value is -2.20. The highest BCUT2D eigenvalue weighted by Crippen LogP contribution is 2.12. The molecule has 2 rings (SSSR count). The molecule has 0 spiro atoms. The van der Waals surface area contributed by atoms with Crippen LogP contribution in [0, 0.1) is 5.92 Å². The van der Waals surface area contributed by atoms with Gasteiger partial charge in [-0.25, -0.2) is 0 Å². The smallest absolute Gasteiger partial charge is 0.227 e. The second-order valence-electron chi connectivity index (χ2n) is 5.17. The van der Waals surface area contributed by atoms with Crippen molar-refractivity contribution < 1.29 is 4.79 Å². The van der Waals surface area contributed by atoms with Gasteiger partial charge in [0.25, 0.3) is 0 Å². The van der Waals surface area contributed by atoms with E-state index in [-0.39, 0.29) is 11.8 Å². The van der Waals surface area contributed by atoms with Crippen molar-refractivity contribution in [2.24, 2.45) is 11.7 Å². The Morgan fingerprint density at radius 2 is 1.81 bits per heavy atom.